The van der Waals surface area contributed by atoms with Crippen LogP contribution in [0.15, 0.2) is 150 Å². The van der Waals surface area contributed by atoms with Crippen molar-refractivity contribution in [3.05, 3.63) is 157 Å². The van der Waals surface area contributed by atoms with E-state index in [0.717, 1.165) is 28.0 Å². The molecule has 5 heteroatoms. The Hall–Kier alpha value is -6.46. The van der Waals surface area contributed by atoms with E-state index < -0.39 is 0 Å². The monoisotopic (exact) mass is 735 g/mol. The van der Waals surface area contributed by atoms with Crippen molar-refractivity contribution in [3.8, 4) is 16.8 Å². The van der Waals surface area contributed by atoms with E-state index in [2.05, 4.69) is 201 Å². The Morgan fingerprint density at radius 1 is 0.491 bits per heavy atom. The largest absolute Gasteiger partial charge is 0.466 e. The second-order valence-corrected chi connectivity index (χ2v) is 18.2. The second-order valence-electron chi connectivity index (χ2n) is 18.2. The standard InChI is InChI=1S/C52H42BN3O/c1-51(2,3)31-23-25-34(26-24-31)55-45-28-32(52(4,5)6)27-41-37-20-14-19-36-40-29-43-39(35-17-10-12-21-42(35)54(43)33-15-8-7-9-16-33)30-44(40)56(48(36)37)53(47(41)45)50-49(55)38-18-11-13-22-46(38)57-50/h7-30H,1-6H3. The fraction of sp³-hybridized carbons (Fsp3) is 0.154. The zero-order chi connectivity index (χ0) is 38.5. The van der Waals surface area contributed by atoms with Gasteiger partial charge in [-0.25, -0.2) is 0 Å². The number of hydrogen-bond acceptors (Lipinski definition) is 2. The van der Waals surface area contributed by atoms with E-state index in [4.69, 9.17) is 4.42 Å². The number of furan rings is 1. The number of fused-ring (bicyclic) bond motifs is 12. The summed E-state index contributed by atoms with van der Waals surface area (Å²) in [5.74, 6) is 0. The molecule has 10 aromatic rings. The van der Waals surface area contributed by atoms with Crippen LogP contribution >= 0.6 is 0 Å². The molecule has 4 nitrogen and oxygen atoms in total. The molecule has 0 fully saturated rings. The van der Waals surface area contributed by atoms with Gasteiger partial charge in [0.05, 0.1) is 16.7 Å². The summed E-state index contributed by atoms with van der Waals surface area (Å²) >= 11 is 0. The Kier molecular flexibility index (Phi) is 6.38. The molecule has 0 radical (unpaired) electrons. The van der Waals surface area contributed by atoms with E-state index in [1.807, 2.05) is 0 Å². The van der Waals surface area contributed by atoms with Crippen LogP contribution in [0.1, 0.15) is 52.7 Å². The topological polar surface area (TPSA) is 26.2 Å². The molecule has 0 aliphatic carbocycles. The van der Waals surface area contributed by atoms with E-state index in [-0.39, 0.29) is 17.7 Å². The van der Waals surface area contributed by atoms with Gasteiger partial charge in [-0.15, -0.1) is 0 Å². The van der Waals surface area contributed by atoms with Gasteiger partial charge in [0.15, 0.2) is 0 Å². The van der Waals surface area contributed by atoms with Crippen molar-refractivity contribution in [1.82, 2.24) is 9.05 Å². The van der Waals surface area contributed by atoms with Crippen LogP contribution in [0.25, 0.3) is 71.4 Å². The molecule has 0 saturated heterocycles. The van der Waals surface area contributed by atoms with E-state index in [1.165, 1.54) is 82.7 Å². The fourth-order valence-electron chi connectivity index (χ4n) is 10.0. The number of rotatable bonds is 2. The van der Waals surface area contributed by atoms with Crippen LogP contribution in [-0.2, 0) is 10.8 Å². The summed E-state index contributed by atoms with van der Waals surface area (Å²) in [6.45, 7) is 13.7. The smallest absolute Gasteiger partial charge is 0.375 e. The molecular formula is C52H42BN3O. The lowest BCUT2D eigenvalue weighted by molar-refractivity contribution is 0.590. The summed E-state index contributed by atoms with van der Waals surface area (Å²) in [7, 11) is 0. The maximum absolute atomic E-state index is 7.18. The molecule has 2 aliphatic heterocycles. The predicted octanol–water partition coefficient (Wildman–Crippen LogP) is 12.7. The van der Waals surface area contributed by atoms with Gasteiger partial charge in [0, 0.05) is 60.6 Å². The molecule has 0 N–H and O–H groups in total. The minimum absolute atomic E-state index is 0.0493. The maximum atomic E-state index is 7.18. The molecule has 12 rings (SSSR count). The van der Waals surface area contributed by atoms with Gasteiger partial charge in [-0.2, -0.15) is 0 Å². The lowest BCUT2D eigenvalue weighted by atomic mass is 9.47. The van der Waals surface area contributed by atoms with Crippen LogP contribution in [0.4, 0.5) is 17.1 Å². The van der Waals surface area contributed by atoms with Crippen LogP contribution < -0.4 is 16.0 Å². The Morgan fingerprint density at radius 3 is 1.93 bits per heavy atom. The number of hydrogen-bond donors (Lipinski definition) is 0. The van der Waals surface area contributed by atoms with Crippen LogP contribution in [0.5, 0.6) is 0 Å². The lowest BCUT2D eigenvalue weighted by Gasteiger charge is -2.39. The predicted molar refractivity (Wildman–Crippen MR) is 241 cm³/mol. The minimum Gasteiger partial charge on any atom is -0.466 e. The molecule has 2 aliphatic rings. The Bertz CT molecular complexity index is 3310. The van der Waals surface area contributed by atoms with Gasteiger partial charge in [-0.3, -0.25) is 0 Å². The minimum atomic E-state index is -0.175. The Labute approximate surface area is 332 Å². The summed E-state index contributed by atoms with van der Waals surface area (Å²) < 4.78 is 12.2. The first-order valence-corrected chi connectivity index (χ1v) is 20.2. The van der Waals surface area contributed by atoms with Crippen molar-refractivity contribution in [2.75, 3.05) is 4.90 Å². The summed E-state index contributed by atoms with van der Waals surface area (Å²) in [4.78, 5) is 2.50. The van der Waals surface area contributed by atoms with Crippen LogP contribution in [0.3, 0.4) is 0 Å². The van der Waals surface area contributed by atoms with Gasteiger partial charge < -0.3 is 18.4 Å². The summed E-state index contributed by atoms with van der Waals surface area (Å²) in [6, 6.07) is 54.2. The van der Waals surface area contributed by atoms with Crippen molar-refractivity contribution < 1.29 is 4.42 Å². The molecular weight excluding hydrogens is 693 g/mol. The van der Waals surface area contributed by atoms with Gasteiger partial charge in [-0.05, 0) is 93.6 Å². The van der Waals surface area contributed by atoms with E-state index in [1.54, 1.807) is 0 Å². The van der Waals surface area contributed by atoms with Gasteiger partial charge in [0.25, 0.3) is 0 Å². The highest BCUT2D eigenvalue weighted by atomic mass is 16.3. The molecule has 57 heavy (non-hydrogen) atoms. The zero-order valence-corrected chi connectivity index (χ0v) is 33.2. The van der Waals surface area contributed by atoms with E-state index >= 15 is 0 Å². The van der Waals surface area contributed by atoms with Gasteiger partial charge in [-0.1, -0.05) is 126 Å². The highest BCUT2D eigenvalue weighted by molar-refractivity contribution is 6.89. The Balaban J connectivity index is 1.24. The summed E-state index contributed by atoms with van der Waals surface area (Å²) in [6.07, 6.45) is 0. The van der Waals surface area contributed by atoms with Gasteiger partial charge in [0.1, 0.15) is 11.2 Å². The van der Waals surface area contributed by atoms with Crippen LogP contribution in [0.2, 0.25) is 0 Å². The summed E-state index contributed by atoms with van der Waals surface area (Å²) in [5, 5.41) is 6.14. The zero-order valence-electron chi connectivity index (χ0n) is 33.2. The average Bonchev–Trinajstić information content (AvgIpc) is 3.86. The first-order chi connectivity index (χ1) is 27.6. The maximum Gasteiger partial charge on any atom is 0.375 e. The van der Waals surface area contributed by atoms with Crippen LogP contribution in [0, 0.1) is 0 Å². The van der Waals surface area contributed by atoms with Crippen molar-refractivity contribution >= 4 is 89.6 Å². The number of benzene rings is 7. The molecule has 0 unspecified atom stereocenters. The molecule has 0 amide bonds. The van der Waals surface area contributed by atoms with Gasteiger partial charge in [0.2, 0.25) is 0 Å². The van der Waals surface area contributed by atoms with Crippen LogP contribution in [-0.4, -0.2) is 15.9 Å². The van der Waals surface area contributed by atoms with Gasteiger partial charge >= 0.3 is 6.85 Å². The van der Waals surface area contributed by atoms with E-state index in [0.29, 0.717) is 0 Å². The third-order valence-electron chi connectivity index (χ3n) is 12.8. The number of para-hydroxylation sites is 4. The van der Waals surface area contributed by atoms with Crippen molar-refractivity contribution in [2.24, 2.45) is 0 Å². The highest BCUT2D eigenvalue weighted by Gasteiger charge is 2.47. The number of nitrogens with zero attached hydrogens (tertiary/aromatic N) is 3. The quantitative estimate of drug-likeness (QED) is 0.165. The molecule has 0 saturated carbocycles. The van der Waals surface area contributed by atoms with E-state index in [9.17, 15) is 0 Å². The highest BCUT2D eigenvalue weighted by Crippen LogP contribution is 2.49. The third kappa shape index (κ3) is 4.40. The fourth-order valence-corrected chi connectivity index (χ4v) is 10.0. The second kappa shape index (κ2) is 11.1. The number of anilines is 3. The van der Waals surface area contributed by atoms with Crippen molar-refractivity contribution in [2.45, 2.75) is 52.4 Å². The van der Waals surface area contributed by atoms with Crippen molar-refractivity contribution in [1.29, 1.82) is 0 Å². The first kappa shape index (κ1) is 32.8. The molecule has 0 spiro atoms. The lowest BCUT2D eigenvalue weighted by Crippen LogP contribution is -2.56. The Morgan fingerprint density at radius 2 is 1.16 bits per heavy atom. The average molecular weight is 736 g/mol. The number of aromatic nitrogens is 2. The molecule has 3 aromatic heterocycles. The molecule has 5 heterocycles. The van der Waals surface area contributed by atoms with Crippen molar-refractivity contribution in [3.63, 3.8) is 0 Å². The molecule has 0 atom stereocenters. The SMILES string of the molecule is CC(C)(C)c1ccc(N2c3cc(C(C)(C)C)cc4c3B(c3oc5ccccc5c32)n2c3cc5c6ccccc6n(-c6ccccc6)c5cc3c3cccc-4c32)cc1. The molecule has 0 bridgehead atoms. The molecule has 7 aromatic carbocycles. The third-order valence-corrected chi connectivity index (χ3v) is 12.8. The molecule has 274 valence electrons. The summed E-state index contributed by atoms with van der Waals surface area (Å²) in [5.41, 5.74) is 17.9. The normalized spacial score (nSPS) is 13.7. The first-order valence-electron chi connectivity index (χ1n) is 20.2.